The van der Waals surface area contributed by atoms with E-state index in [-0.39, 0.29) is 11.8 Å². The molecule has 2 rings (SSSR count). The number of anilines is 1. The van der Waals surface area contributed by atoms with Gasteiger partial charge in [0.25, 0.3) is 0 Å². The van der Waals surface area contributed by atoms with Crippen LogP contribution in [0.1, 0.15) is 6.42 Å². The van der Waals surface area contributed by atoms with Crippen molar-refractivity contribution in [1.29, 1.82) is 0 Å². The minimum absolute atomic E-state index is 0.140. The number of hydrogen-bond acceptors (Lipinski definition) is 3. The molecular formula is C11H12N2O3. The largest absolute Gasteiger partial charge is 0.481 e. The summed E-state index contributed by atoms with van der Waals surface area (Å²) in [6, 6.07) is 3.44. The number of rotatable bonds is 3. The summed E-state index contributed by atoms with van der Waals surface area (Å²) in [6.07, 6.45) is 3.64. The van der Waals surface area contributed by atoms with Gasteiger partial charge in [0.05, 0.1) is 11.8 Å². The Morgan fingerprint density at radius 3 is 2.50 bits per heavy atom. The Kier molecular flexibility index (Phi) is 2.60. The summed E-state index contributed by atoms with van der Waals surface area (Å²) in [7, 11) is 1.65. The SMILES string of the molecule is CN(C(=O)C1CC1C(=O)O)c1ccncc1. The summed E-state index contributed by atoms with van der Waals surface area (Å²) in [5.41, 5.74) is 0.732. The van der Waals surface area contributed by atoms with Crippen molar-refractivity contribution in [3.8, 4) is 0 Å². The summed E-state index contributed by atoms with van der Waals surface area (Å²) in [5.74, 6) is -1.90. The molecule has 0 radical (unpaired) electrons. The third kappa shape index (κ3) is 1.88. The molecule has 16 heavy (non-hydrogen) atoms. The van der Waals surface area contributed by atoms with Crippen LogP contribution >= 0.6 is 0 Å². The van der Waals surface area contributed by atoms with Crippen molar-refractivity contribution in [3.05, 3.63) is 24.5 Å². The molecule has 0 saturated heterocycles. The van der Waals surface area contributed by atoms with Gasteiger partial charge in [-0.05, 0) is 18.6 Å². The lowest BCUT2D eigenvalue weighted by Crippen LogP contribution is -2.28. The lowest BCUT2D eigenvalue weighted by molar-refractivity contribution is -0.139. The molecule has 2 atom stereocenters. The van der Waals surface area contributed by atoms with E-state index < -0.39 is 11.9 Å². The number of aromatic nitrogens is 1. The molecule has 1 aliphatic carbocycles. The van der Waals surface area contributed by atoms with Crippen LogP contribution < -0.4 is 4.90 Å². The van der Waals surface area contributed by atoms with Gasteiger partial charge >= 0.3 is 5.97 Å². The van der Waals surface area contributed by atoms with Crippen LogP contribution in [0.25, 0.3) is 0 Å². The number of carbonyl (C=O) groups excluding carboxylic acids is 1. The maximum absolute atomic E-state index is 11.9. The lowest BCUT2D eigenvalue weighted by atomic mass is 10.2. The number of aliphatic carboxylic acids is 1. The van der Waals surface area contributed by atoms with Gasteiger partial charge < -0.3 is 10.0 Å². The van der Waals surface area contributed by atoms with Crippen molar-refractivity contribution in [2.24, 2.45) is 11.8 Å². The summed E-state index contributed by atoms with van der Waals surface area (Å²) in [4.78, 5) is 27.9. The quantitative estimate of drug-likeness (QED) is 0.816. The average Bonchev–Trinajstić information content (AvgIpc) is 3.08. The third-order valence-corrected chi connectivity index (χ3v) is 2.81. The minimum atomic E-state index is -0.888. The van der Waals surface area contributed by atoms with Gasteiger partial charge in [-0.25, -0.2) is 0 Å². The van der Waals surface area contributed by atoms with E-state index in [1.54, 1.807) is 31.6 Å². The highest BCUT2D eigenvalue weighted by molar-refractivity contribution is 5.99. The molecule has 0 spiro atoms. The maximum Gasteiger partial charge on any atom is 0.307 e. The fraction of sp³-hybridized carbons (Fsp3) is 0.364. The maximum atomic E-state index is 11.9. The molecule has 1 fully saturated rings. The fourth-order valence-electron chi connectivity index (χ4n) is 1.68. The van der Waals surface area contributed by atoms with E-state index >= 15 is 0 Å². The van der Waals surface area contributed by atoms with Crippen LogP contribution in [0.5, 0.6) is 0 Å². The predicted molar refractivity (Wildman–Crippen MR) is 56.9 cm³/mol. The molecule has 0 aliphatic heterocycles. The Morgan fingerprint density at radius 2 is 2.00 bits per heavy atom. The Hall–Kier alpha value is -1.91. The molecule has 1 saturated carbocycles. The second-order valence-electron chi connectivity index (χ2n) is 3.89. The first kappa shape index (κ1) is 10.6. The van der Waals surface area contributed by atoms with E-state index in [1.165, 1.54) is 4.90 Å². The molecule has 5 nitrogen and oxygen atoms in total. The highest BCUT2D eigenvalue weighted by Crippen LogP contribution is 2.40. The van der Waals surface area contributed by atoms with Crippen LogP contribution in [-0.2, 0) is 9.59 Å². The Labute approximate surface area is 92.7 Å². The zero-order valence-electron chi connectivity index (χ0n) is 8.83. The van der Waals surface area contributed by atoms with Crippen molar-refractivity contribution in [1.82, 2.24) is 4.98 Å². The van der Waals surface area contributed by atoms with Crippen LogP contribution in [0, 0.1) is 11.8 Å². The highest BCUT2D eigenvalue weighted by Gasteiger charge is 2.49. The summed E-state index contributed by atoms with van der Waals surface area (Å²) >= 11 is 0. The van der Waals surface area contributed by atoms with Crippen molar-refractivity contribution < 1.29 is 14.7 Å². The van der Waals surface area contributed by atoms with E-state index in [0.717, 1.165) is 5.69 Å². The molecule has 5 heteroatoms. The second kappa shape index (κ2) is 3.92. The van der Waals surface area contributed by atoms with E-state index in [0.29, 0.717) is 6.42 Å². The molecule has 0 bridgehead atoms. The lowest BCUT2D eigenvalue weighted by Gasteiger charge is -2.16. The van der Waals surface area contributed by atoms with Gasteiger partial charge in [0.15, 0.2) is 0 Å². The normalized spacial score (nSPS) is 22.6. The van der Waals surface area contributed by atoms with Crippen molar-refractivity contribution >= 4 is 17.6 Å². The van der Waals surface area contributed by atoms with Gasteiger partial charge in [0.2, 0.25) is 5.91 Å². The first-order valence-corrected chi connectivity index (χ1v) is 5.01. The average molecular weight is 220 g/mol. The van der Waals surface area contributed by atoms with E-state index in [9.17, 15) is 9.59 Å². The molecule has 2 unspecified atom stereocenters. The van der Waals surface area contributed by atoms with Crippen LogP contribution in [0.2, 0.25) is 0 Å². The molecule has 1 amide bonds. The van der Waals surface area contributed by atoms with Crippen molar-refractivity contribution in [2.45, 2.75) is 6.42 Å². The van der Waals surface area contributed by atoms with Gasteiger partial charge in [0.1, 0.15) is 0 Å². The number of hydrogen-bond donors (Lipinski definition) is 1. The number of nitrogens with zero attached hydrogens (tertiary/aromatic N) is 2. The van der Waals surface area contributed by atoms with Crippen LogP contribution in [0.4, 0.5) is 5.69 Å². The number of carboxylic acids is 1. The van der Waals surface area contributed by atoms with E-state index in [1.807, 2.05) is 0 Å². The molecule has 1 aromatic rings. The predicted octanol–water partition coefficient (Wildman–Crippen LogP) is 0.765. The Morgan fingerprint density at radius 1 is 1.38 bits per heavy atom. The van der Waals surface area contributed by atoms with Gasteiger partial charge in [-0.2, -0.15) is 0 Å². The monoisotopic (exact) mass is 220 g/mol. The topological polar surface area (TPSA) is 70.5 Å². The summed E-state index contributed by atoms with van der Waals surface area (Å²) in [5, 5.41) is 8.74. The van der Waals surface area contributed by atoms with Gasteiger partial charge in [0, 0.05) is 25.1 Å². The summed E-state index contributed by atoms with van der Waals surface area (Å²) in [6.45, 7) is 0. The van der Waals surface area contributed by atoms with Crippen molar-refractivity contribution in [2.75, 3.05) is 11.9 Å². The van der Waals surface area contributed by atoms with Gasteiger partial charge in [-0.15, -0.1) is 0 Å². The molecule has 0 aromatic carbocycles. The second-order valence-corrected chi connectivity index (χ2v) is 3.89. The van der Waals surface area contributed by atoms with E-state index in [4.69, 9.17) is 5.11 Å². The van der Waals surface area contributed by atoms with Gasteiger partial charge in [-0.1, -0.05) is 0 Å². The zero-order chi connectivity index (χ0) is 11.7. The first-order chi connectivity index (χ1) is 7.61. The standard InChI is InChI=1S/C11H12N2O3/c1-13(7-2-4-12-5-3-7)10(14)8-6-9(8)11(15)16/h2-5,8-9H,6H2,1H3,(H,15,16). The van der Waals surface area contributed by atoms with Crippen LogP contribution in [0.15, 0.2) is 24.5 Å². The smallest absolute Gasteiger partial charge is 0.307 e. The molecular weight excluding hydrogens is 208 g/mol. The minimum Gasteiger partial charge on any atom is -0.481 e. The third-order valence-electron chi connectivity index (χ3n) is 2.81. The number of amides is 1. The molecule has 1 heterocycles. The Bertz CT molecular complexity index is 418. The Balaban J connectivity index is 2.04. The number of pyridine rings is 1. The van der Waals surface area contributed by atoms with Gasteiger partial charge in [-0.3, -0.25) is 14.6 Å². The van der Waals surface area contributed by atoms with Crippen LogP contribution in [0.3, 0.4) is 0 Å². The summed E-state index contributed by atoms with van der Waals surface area (Å²) < 4.78 is 0. The van der Waals surface area contributed by atoms with E-state index in [2.05, 4.69) is 4.98 Å². The molecule has 84 valence electrons. The molecule has 1 aromatic heterocycles. The first-order valence-electron chi connectivity index (χ1n) is 5.01. The highest BCUT2D eigenvalue weighted by atomic mass is 16.4. The molecule has 1 N–H and O–H groups in total. The fourth-order valence-corrected chi connectivity index (χ4v) is 1.68. The van der Waals surface area contributed by atoms with Crippen molar-refractivity contribution in [3.63, 3.8) is 0 Å². The van der Waals surface area contributed by atoms with Crippen LogP contribution in [-0.4, -0.2) is 29.0 Å². The number of carboxylic acid groups (broad SMARTS) is 1. The number of carbonyl (C=O) groups is 2. The zero-order valence-corrected chi connectivity index (χ0v) is 8.83. The molecule has 1 aliphatic rings.